The lowest BCUT2D eigenvalue weighted by Gasteiger charge is -2.10. The number of rotatable bonds is 6. The first kappa shape index (κ1) is 18.2. The monoisotopic (exact) mass is 321 g/mol. The standard InChI is InChI=1S/C17H23NO3S/c1-12(10-15(4)19)9-14(3)18-22(6,20)17-11-16(21-5)8-7-13(17)2/h7-9,11H,6,10H2,1-5H3/b12-9+,18-14?. The van der Waals surface area contributed by atoms with E-state index in [0.717, 1.165) is 11.1 Å². The van der Waals surface area contributed by atoms with Crippen molar-refractivity contribution in [3.05, 3.63) is 35.4 Å². The molecule has 0 fully saturated rings. The highest BCUT2D eigenvalue weighted by Gasteiger charge is 2.11. The molecule has 0 aliphatic heterocycles. The fraction of sp³-hybridized carbons (Fsp3) is 0.353. The van der Waals surface area contributed by atoms with Crippen molar-refractivity contribution >= 4 is 27.1 Å². The number of carbonyl (C=O) groups is 1. The molecule has 1 rings (SSSR count). The van der Waals surface area contributed by atoms with Crippen LogP contribution in [0.25, 0.3) is 0 Å². The van der Waals surface area contributed by atoms with Crippen molar-refractivity contribution < 1.29 is 13.7 Å². The van der Waals surface area contributed by atoms with Crippen LogP contribution < -0.4 is 4.74 Å². The average Bonchev–Trinajstić information content (AvgIpc) is 2.36. The molecule has 1 aromatic rings. The molecular formula is C17H23NO3S. The van der Waals surface area contributed by atoms with Crippen molar-refractivity contribution in [3.8, 4) is 5.75 Å². The van der Waals surface area contributed by atoms with Gasteiger partial charge in [0.05, 0.1) is 21.7 Å². The molecule has 0 saturated heterocycles. The molecule has 0 N–H and O–H groups in total. The highest BCUT2D eigenvalue weighted by Crippen LogP contribution is 2.23. The van der Waals surface area contributed by atoms with Crippen molar-refractivity contribution in [1.29, 1.82) is 0 Å². The molecule has 0 heterocycles. The molecular weight excluding hydrogens is 298 g/mol. The van der Waals surface area contributed by atoms with Crippen LogP contribution in [0, 0.1) is 6.92 Å². The van der Waals surface area contributed by atoms with Gasteiger partial charge in [-0.3, -0.25) is 4.79 Å². The Bertz CT molecular complexity index is 728. The van der Waals surface area contributed by atoms with Crippen LogP contribution in [0.15, 0.2) is 39.1 Å². The van der Waals surface area contributed by atoms with E-state index >= 15 is 0 Å². The quantitative estimate of drug-likeness (QED) is 0.596. The Labute approximate surface area is 133 Å². The van der Waals surface area contributed by atoms with Gasteiger partial charge in [0.25, 0.3) is 0 Å². The third-order valence-corrected chi connectivity index (χ3v) is 4.72. The van der Waals surface area contributed by atoms with Crippen LogP contribution in [0.5, 0.6) is 5.75 Å². The largest absolute Gasteiger partial charge is 0.497 e. The Morgan fingerprint density at radius 3 is 2.55 bits per heavy atom. The smallest absolute Gasteiger partial charge is 0.133 e. The maximum absolute atomic E-state index is 12.8. The number of aryl methyl sites for hydroxylation is 1. The van der Waals surface area contributed by atoms with Crippen molar-refractivity contribution in [2.45, 2.75) is 39.0 Å². The minimum atomic E-state index is -2.82. The Morgan fingerprint density at radius 2 is 2.00 bits per heavy atom. The van der Waals surface area contributed by atoms with Crippen LogP contribution in [0.4, 0.5) is 0 Å². The second kappa shape index (κ2) is 7.40. The highest BCUT2D eigenvalue weighted by atomic mass is 32.2. The molecule has 5 heteroatoms. The number of hydrogen-bond donors (Lipinski definition) is 0. The van der Waals surface area contributed by atoms with Crippen molar-refractivity contribution in [1.82, 2.24) is 0 Å². The van der Waals surface area contributed by atoms with Crippen LogP contribution in [0.3, 0.4) is 0 Å². The predicted octanol–water partition coefficient (Wildman–Crippen LogP) is 3.38. The summed E-state index contributed by atoms with van der Waals surface area (Å²) in [4.78, 5) is 11.7. The second-order valence-corrected chi connectivity index (χ2v) is 7.28. The van der Waals surface area contributed by atoms with Gasteiger partial charge in [-0.15, -0.1) is 0 Å². The highest BCUT2D eigenvalue weighted by molar-refractivity contribution is 7.99. The maximum Gasteiger partial charge on any atom is 0.133 e. The third kappa shape index (κ3) is 5.15. The zero-order chi connectivity index (χ0) is 16.9. The molecule has 1 unspecified atom stereocenters. The van der Waals surface area contributed by atoms with E-state index in [0.29, 0.717) is 22.8 Å². The third-order valence-electron chi connectivity index (χ3n) is 3.01. The summed E-state index contributed by atoms with van der Waals surface area (Å²) in [6.45, 7) is 7.00. The molecule has 0 aliphatic rings. The molecule has 0 bridgehead atoms. The molecule has 0 amide bonds. The van der Waals surface area contributed by atoms with Gasteiger partial charge < -0.3 is 4.74 Å². The van der Waals surface area contributed by atoms with E-state index in [9.17, 15) is 9.00 Å². The molecule has 0 saturated carbocycles. The summed E-state index contributed by atoms with van der Waals surface area (Å²) >= 11 is 0. The molecule has 0 aliphatic carbocycles. The topological polar surface area (TPSA) is 55.7 Å². The molecule has 1 aromatic carbocycles. The van der Waals surface area contributed by atoms with Crippen LogP contribution in [-0.2, 0) is 14.5 Å². The van der Waals surface area contributed by atoms with Gasteiger partial charge in [-0.1, -0.05) is 11.6 Å². The minimum absolute atomic E-state index is 0.0838. The molecule has 0 spiro atoms. The molecule has 4 nitrogen and oxygen atoms in total. The van der Waals surface area contributed by atoms with Gasteiger partial charge in [0.1, 0.15) is 11.5 Å². The first-order valence-electron chi connectivity index (χ1n) is 6.90. The lowest BCUT2D eigenvalue weighted by Crippen LogP contribution is -2.03. The molecule has 0 aromatic heterocycles. The summed E-state index contributed by atoms with van der Waals surface area (Å²) in [5.74, 6) is 4.48. The van der Waals surface area contributed by atoms with Crippen LogP contribution in [0.2, 0.25) is 0 Å². The normalized spacial score (nSPS) is 15.3. The van der Waals surface area contributed by atoms with Gasteiger partial charge in [0, 0.05) is 12.1 Å². The number of benzene rings is 1. The molecule has 22 heavy (non-hydrogen) atoms. The summed E-state index contributed by atoms with van der Waals surface area (Å²) in [5, 5.41) is 0. The lowest BCUT2D eigenvalue weighted by atomic mass is 10.1. The zero-order valence-electron chi connectivity index (χ0n) is 13.8. The fourth-order valence-electron chi connectivity index (χ4n) is 2.16. The van der Waals surface area contributed by atoms with Crippen LogP contribution >= 0.6 is 0 Å². The first-order valence-corrected chi connectivity index (χ1v) is 8.59. The van der Waals surface area contributed by atoms with E-state index in [-0.39, 0.29) is 5.78 Å². The summed E-state index contributed by atoms with van der Waals surface area (Å²) in [6.07, 6.45) is 2.13. The Balaban J connectivity index is 3.19. The number of ether oxygens (including phenoxy) is 1. The number of allylic oxidation sites excluding steroid dienone is 2. The maximum atomic E-state index is 12.8. The molecule has 1 atom stereocenters. The van der Waals surface area contributed by atoms with Crippen molar-refractivity contribution in [2.75, 3.05) is 7.11 Å². The molecule has 120 valence electrons. The minimum Gasteiger partial charge on any atom is -0.497 e. The molecule has 0 radical (unpaired) electrons. The first-order chi connectivity index (χ1) is 10.2. The number of ketones is 1. The van der Waals surface area contributed by atoms with E-state index in [2.05, 4.69) is 10.3 Å². The average molecular weight is 321 g/mol. The second-order valence-electron chi connectivity index (χ2n) is 5.37. The van der Waals surface area contributed by atoms with Gasteiger partial charge in [-0.05, 0) is 57.3 Å². The number of nitrogens with zero attached hydrogens (tertiary/aromatic N) is 1. The summed E-state index contributed by atoms with van der Waals surface area (Å²) in [6, 6.07) is 5.34. The van der Waals surface area contributed by atoms with Gasteiger partial charge in [0.15, 0.2) is 0 Å². The number of methoxy groups -OCH3 is 1. The Hall–Kier alpha value is -1.88. The van der Waals surface area contributed by atoms with Crippen LogP contribution in [-0.4, -0.2) is 28.7 Å². The van der Waals surface area contributed by atoms with E-state index < -0.39 is 9.71 Å². The van der Waals surface area contributed by atoms with Crippen molar-refractivity contribution in [3.63, 3.8) is 0 Å². The number of Topliss-reactive ketones (excluding diaryl/α,β-unsaturated/α-hetero) is 1. The summed E-state index contributed by atoms with van der Waals surface area (Å²) < 4.78 is 22.3. The number of carbonyl (C=O) groups excluding carboxylic acids is 1. The van der Waals surface area contributed by atoms with Crippen molar-refractivity contribution in [2.24, 2.45) is 4.40 Å². The van der Waals surface area contributed by atoms with Gasteiger partial charge in [0.2, 0.25) is 0 Å². The Morgan fingerprint density at radius 1 is 1.36 bits per heavy atom. The summed E-state index contributed by atoms with van der Waals surface area (Å²) in [7, 11) is -1.26. The SMILES string of the molecule is C=S(=O)(N=C(C)/C=C(\C)CC(C)=O)c1cc(OC)ccc1C. The van der Waals surface area contributed by atoms with Crippen LogP contribution in [0.1, 0.15) is 32.8 Å². The summed E-state index contributed by atoms with van der Waals surface area (Å²) in [5.41, 5.74) is 2.31. The number of hydrogen-bond acceptors (Lipinski definition) is 3. The fourth-order valence-corrected chi connectivity index (χ4v) is 3.65. The van der Waals surface area contributed by atoms with E-state index in [1.807, 2.05) is 26.0 Å². The lowest BCUT2D eigenvalue weighted by molar-refractivity contribution is -0.116. The van der Waals surface area contributed by atoms with Gasteiger partial charge >= 0.3 is 0 Å². The zero-order valence-corrected chi connectivity index (χ0v) is 14.6. The Kier molecular flexibility index (Phi) is 6.11. The van der Waals surface area contributed by atoms with E-state index in [1.165, 1.54) is 6.92 Å². The predicted molar refractivity (Wildman–Crippen MR) is 93.4 cm³/mol. The van der Waals surface area contributed by atoms with E-state index in [1.54, 1.807) is 26.2 Å². The van der Waals surface area contributed by atoms with Gasteiger partial charge in [-0.25, -0.2) is 4.21 Å². The van der Waals surface area contributed by atoms with E-state index in [4.69, 9.17) is 4.74 Å². The van der Waals surface area contributed by atoms with Gasteiger partial charge in [-0.2, -0.15) is 4.40 Å².